The molecule has 0 bridgehead atoms. The standard InChI is InChI=1S/C30H36ClN3O3/c1-22(35)27(29(36)34-14-16-37-17-15-34)19-28(24-6-3-2-4-7-24)33-20-23-10-12-30(21-32,13-11-23)25-8-5-9-26(31)18-25/h2-9,18-19,23H,10-17,20-21,32H2,1H3/b27-19+,33-28?. The van der Waals surface area contributed by atoms with Crippen LogP contribution in [0, 0.1) is 5.92 Å². The second-order valence-corrected chi connectivity index (χ2v) is 10.5. The van der Waals surface area contributed by atoms with Gasteiger partial charge in [-0.25, -0.2) is 0 Å². The van der Waals surface area contributed by atoms with Gasteiger partial charge in [0.15, 0.2) is 5.78 Å². The first kappa shape index (κ1) is 27.2. The molecular formula is C30H36ClN3O3. The third-order valence-electron chi connectivity index (χ3n) is 7.67. The smallest absolute Gasteiger partial charge is 0.257 e. The summed E-state index contributed by atoms with van der Waals surface area (Å²) in [6, 6.07) is 17.8. The second-order valence-electron chi connectivity index (χ2n) is 10.0. The molecule has 7 heteroatoms. The van der Waals surface area contributed by atoms with Crippen molar-refractivity contribution in [3.63, 3.8) is 0 Å². The number of Topliss-reactive ketones (excluding diaryl/α,β-unsaturated/α-hetero) is 1. The Kier molecular flexibility index (Phi) is 9.30. The van der Waals surface area contributed by atoms with Crippen LogP contribution in [0.15, 0.2) is 71.2 Å². The fourth-order valence-corrected chi connectivity index (χ4v) is 5.48. The van der Waals surface area contributed by atoms with E-state index < -0.39 is 0 Å². The second kappa shape index (κ2) is 12.6. The largest absolute Gasteiger partial charge is 0.378 e. The summed E-state index contributed by atoms with van der Waals surface area (Å²) in [6.07, 6.45) is 5.65. The number of carbonyl (C=O) groups is 2. The van der Waals surface area contributed by atoms with Crippen LogP contribution in [-0.4, -0.2) is 61.7 Å². The molecule has 1 aliphatic carbocycles. The van der Waals surface area contributed by atoms with E-state index in [4.69, 9.17) is 27.1 Å². The Labute approximate surface area is 224 Å². The van der Waals surface area contributed by atoms with Gasteiger partial charge in [-0.3, -0.25) is 14.6 Å². The first-order chi connectivity index (χ1) is 17.9. The van der Waals surface area contributed by atoms with E-state index in [1.54, 1.807) is 11.0 Å². The number of ether oxygens (including phenoxy) is 1. The number of allylic oxidation sites excluding steroid dienone is 1. The number of halogens is 1. The Morgan fingerprint density at radius 2 is 1.81 bits per heavy atom. The molecule has 196 valence electrons. The van der Waals surface area contributed by atoms with Gasteiger partial charge in [-0.2, -0.15) is 0 Å². The number of nitrogens with zero attached hydrogens (tertiary/aromatic N) is 2. The SMILES string of the molecule is CC(=O)/C(=C\C(=NCC1CCC(CN)(c2cccc(Cl)c2)CC1)c1ccccc1)C(=O)N1CCOCC1. The van der Waals surface area contributed by atoms with Crippen LogP contribution in [-0.2, 0) is 19.7 Å². The van der Waals surface area contributed by atoms with Crippen molar-refractivity contribution >= 4 is 29.0 Å². The summed E-state index contributed by atoms with van der Waals surface area (Å²) in [5.74, 6) is -0.111. The highest BCUT2D eigenvalue weighted by molar-refractivity contribution is 6.30. The predicted molar refractivity (Wildman–Crippen MR) is 148 cm³/mol. The van der Waals surface area contributed by atoms with Crippen molar-refractivity contribution < 1.29 is 14.3 Å². The summed E-state index contributed by atoms with van der Waals surface area (Å²) in [5.41, 5.74) is 9.16. The summed E-state index contributed by atoms with van der Waals surface area (Å²) in [5, 5.41) is 0.740. The van der Waals surface area contributed by atoms with Crippen LogP contribution in [0.3, 0.4) is 0 Å². The average Bonchev–Trinajstić information content (AvgIpc) is 2.94. The lowest BCUT2D eigenvalue weighted by Crippen LogP contribution is -2.42. The number of nitrogens with two attached hydrogens (primary N) is 1. The van der Waals surface area contributed by atoms with Crippen LogP contribution < -0.4 is 5.73 Å². The molecule has 1 heterocycles. The molecule has 0 spiro atoms. The molecule has 1 saturated heterocycles. The molecule has 6 nitrogen and oxygen atoms in total. The number of aliphatic imine (C=N–C) groups is 1. The van der Waals surface area contributed by atoms with Crippen LogP contribution in [0.5, 0.6) is 0 Å². The molecule has 37 heavy (non-hydrogen) atoms. The van der Waals surface area contributed by atoms with E-state index in [0.717, 1.165) is 36.3 Å². The van der Waals surface area contributed by atoms with Crippen molar-refractivity contribution in [1.82, 2.24) is 4.90 Å². The number of ketones is 1. The summed E-state index contributed by atoms with van der Waals surface area (Å²) >= 11 is 6.27. The fraction of sp³-hybridized carbons (Fsp3) is 0.433. The van der Waals surface area contributed by atoms with E-state index in [0.29, 0.717) is 51.0 Å². The molecule has 2 fully saturated rings. The molecule has 1 amide bonds. The summed E-state index contributed by atoms with van der Waals surface area (Å²) in [6.45, 7) is 4.60. The first-order valence-electron chi connectivity index (χ1n) is 13.1. The van der Waals surface area contributed by atoms with Crippen molar-refractivity contribution in [2.75, 3.05) is 39.4 Å². The number of carbonyl (C=O) groups excluding carboxylic acids is 2. The summed E-state index contributed by atoms with van der Waals surface area (Å²) in [7, 11) is 0. The van der Waals surface area contributed by atoms with Crippen molar-refractivity contribution in [3.05, 3.63) is 82.4 Å². The highest BCUT2D eigenvalue weighted by Gasteiger charge is 2.36. The highest BCUT2D eigenvalue weighted by Crippen LogP contribution is 2.41. The zero-order valence-electron chi connectivity index (χ0n) is 21.5. The predicted octanol–water partition coefficient (Wildman–Crippen LogP) is 4.59. The molecular weight excluding hydrogens is 486 g/mol. The fourth-order valence-electron chi connectivity index (χ4n) is 5.29. The van der Waals surface area contributed by atoms with E-state index in [2.05, 4.69) is 6.07 Å². The van der Waals surface area contributed by atoms with Crippen LogP contribution in [0.1, 0.15) is 43.7 Å². The Morgan fingerprint density at radius 3 is 2.43 bits per heavy atom. The lowest BCUT2D eigenvalue weighted by Gasteiger charge is -2.39. The zero-order valence-corrected chi connectivity index (χ0v) is 22.3. The number of amides is 1. The lowest BCUT2D eigenvalue weighted by molar-refractivity contribution is -0.132. The normalized spacial score (nSPS) is 23.1. The van der Waals surface area contributed by atoms with Crippen molar-refractivity contribution in [2.24, 2.45) is 16.6 Å². The Hall–Kier alpha value is -2.80. The van der Waals surface area contributed by atoms with Gasteiger partial charge in [-0.1, -0.05) is 54.1 Å². The molecule has 2 aliphatic rings. The average molecular weight is 522 g/mol. The van der Waals surface area contributed by atoms with Gasteiger partial charge in [0.25, 0.3) is 5.91 Å². The molecule has 1 saturated carbocycles. The molecule has 0 radical (unpaired) electrons. The summed E-state index contributed by atoms with van der Waals surface area (Å²) < 4.78 is 5.37. The number of hydrogen-bond acceptors (Lipinski definition) is 5. The minimum absolute atomic E-state index is 0.0559. The maximum absolute atomic E-state index is 13.2. The van der Waals surface area contributed by atoms with Gasteiger partial charge in [0.1, 0.15) is 0 Å². The van der Waals surface area contributed by atoms with Gasteiger partial charge in [-0.05, 0) is 67.9 Å². The number of rotatable bonds is 8. The molecule has 0 unspecified atom stereocenters. The van der Waals surface area contributed by atoms with Crippen molar-refractivity contribution in [2.45, 2.75) is 38.0 Å². The molecule has 2 aromatic rings. The third-order valence-corrected chi connectivity index (χ3v) is 7.90. The maximum atomic E-state index is 13.2. The zero-order chi connectivity index (χ0) is 26.3. The third kappa shape index (κ3) is 6.75. The van der Waals surface area contributed by atoms with Crippen molar-refractivity contribution in [3.8, 4) is 0 Å². The van der Waals surface area contributed by atoms with E-state index in [-0.39, 0.29) is 22.7 Å². The van der Waals surface area contributed by atoms with E-state index in [1.807, 2.05) is 48.5 Å². The van der Waals surface area contributed by atoms with Gasteiger partial charge >= 0.3 is 0 Å². The Balaban J connectivity index is 1.54. The highest BCUT2D eigenvalue weighted by atomic mass is 35.5. The van der Waals surface area contributed by atoms with Gasteiger partial charge in [-0.15, -0.1) is 0 Å². The molecule has 0 atom stereocenters. The van der Waals surface area contributed by atoms with Crippen LogP contribution in [0.2, 0.25) is 5.02 Å². The van der Waals surface area contributed by atoms with Gasteiger partial charge in [0.05, 0.1) is 24.5 Å². The van der Waals surface area contributed by atoms with Crippen LogP contribution >= 0.6 is 11.6 Å². The van der Waals surface area contributed by atoms with Crippen LogP contribution in [0.4, 0.5) is 0 Å². The summed E-state index contributed by atoms with van der Waals surface area (Å²) in [4.78, 5) is 32.4. The first-order valence-corrected chi connectivity index (χ1v) is 13.5. The van der Waals surface area contributed by atoms with E-state index in [9.17, 15) is 9.59 Å². The molecule has 1 aliphatic heterocycles. The van der Waals surface area contributed by atoms with Gasteiger partial charge in [0, 0.05) is 36.6 Å². The molecule has 4 rings (SSSR count). The minimum atomic E-state index is -0.258. The molecule has 0 aromatic heterocycles. The maximum Gasteiger partial charge on any atom is 0.257 e. The molecule has 2 aromatic carbocycles. The van der Waals surface area contributed by atoms with Crippen molar-refractivity contribution in [1.29, 1.82) is 0 Å². The molecule has 2 N–H and O–H groups in total. The van der Waals surface area contributed by atoms with Crippen LogP contribution in [0.25, 0.3) is 0 Å². The minimum Gasteiger partial charge on any atom is -0.378 e. The quantitative estimate of drug-likeness (QED) is 0.238. The Bertz CT molecular complexity index is 1150. The van der Waals surface area contributed by atoms with E-state index >= 15 is 0 Å². The topological polar surface area (TPSA) is 85.0 Å². The Morgan fingerprint density at radius 1 is 1.11 bits per heavy atom. The lowest BCUT2D eigenvalue weighted by atomic mass is 9.66. The van der Waals surface area contributed by atoms with E-state index in [1.165, 1.54) is 12.5 Å². The number of hydrogen-bond donors (Lipinski definition) is 1. The van der Waals surface area contributed by atoms with Gasteiger partial charge < -0.3 is 15.4 Å². The number of morpholine rings is 1. The number of benzene rings is 2. The monoisotopic (exact) mass is 521 g/mol. The van der Waals surface area contributed by atoms with Gasteiger partial charge in [0.2, 0.25) is 0 Å².